The molecule has 2 unspecified atom stereocenters. The third-order valence-electron chi connectivity index (χ3n) is 2.27. The Kier molecular flexibility index (Phi) is 4.00. The molecule has 15 heavy (non-hydrogen) atoms. The Labute approximate surface area is 86.3 Å². The standard InChI is InChI=1S/C8H15NO6/c1-3(11)9-5-7(13)6(12)4(2-10)15-8(5)14/h4-8,10,12-14H,2H2,1H3,(H,9,11)/t4?,5?,6-,7-,8+/m1/s1. The molecule has 0 radical (unpaired) electrons. The number of carbonyl (C=O) groups is 1. The SMILES string of the molecule is CC(=O)NC1[C@@H](O)[C@H](O)C(CO)O[C@@H]1O. The minimum Gasteiger partial charge on any atom is -0.394 e. The van der Waals surface area contributed by atoms with E-state index in [4.69, 9.17) is 9.84 Å². The predicted octanol–water partition coefficient (Wildman–Crippen LogP) is -3.08. The van der Waals surface area contributed by atoms with Crippen LogP contribution in [0.5, 0.6) is 0 Å². The van der Waals surface area contributed by atoms with Gasteiger partial charge < -0.3 is 30.5 Å². The van der Waals surface area contributed by atoms with Gasteiger partial charge in [-0.3, -0.25) is 4.79 Å². The van der Waals surface area contributed by atoms with Crippen LogP contribution in [0.2, 0.25) is 0 Å². The molecule has 0 aromatic rings. The molecule has 5 atom stereocenters. The number of nitrogens with one attached hydrogen (secondary N) is 1. The lowest BCUT2D eigenvalue weighted by molar-refractivity contribution is -0.253. The van der Waals surface area contributed by atoms with E-state index in [1.54, 1.807) is 0 Å². The zero-order valence-corrected chi connectivity index (χ0v) is 8.20. The number of rotatable bonds is 2. The molecule has 0 saturated carbocycles. The van der Waals surface area contributed by atoms with E-state index in [9.17, 15) is 20.1 Å². The first-order valence-electron chi connectivity index (χ1n) is 4.55. The molecule has 7 heteroatoms. The summed E-state index contributed by atoms with van der Waals surface area (Å²) in [6, 6.07) is -1.10. The number of aliphatic hydroxyl groups excluding tert-OH is 4. The third kappa shape index (κ3) is 2.64. The Balaban J connectivity index is 2.70. The molecule has 0 aliphatic carbocycles. The lowest BCUT2D eigenvalue weighted by Crippen LogP contribution is -2.63. The zero-order chi connectivity index (χ0) is 11.6. The van der Waals surface area contributed by atoms with E-state index in [1.165, 1.54) is 6.92 Å². The molecule has 88 valence electrons. The molecule has 0 spiro atoms. The lowest BCUT2D eigenvalue weighted by Gasteiger charge is -2.40. The Bertz CT molecular complexity index is 235. The zero-order valence-electron chi connectivity index (χ0n) is 8.20. The average molecular weight is 221 g/mol. The lowest BCUT2D eigenvalue weighted by atomic mass is 9.97. The number of hydrogen-bond acceptors (Lipinski definition) is 6. The van der Waals surface area contributed by atoms with E-state index in [0.717, 1.165) is 0 Å². The topological polar surface area (TPSA) is 119 Å². The van der Waals surface area contributed by atoms with Crippen molar-refractivity contribution in [1.82, 2.24) is 5.32 Å². The summed E-state index contributed by atoms with van der Waals surface area (Å²) >= 11 is 0. The fraction of sp³-hybridized carbons (Fsp3) is 0.875. The minimum atomic E-state index is -1.45. The monoisotopic (exact) mass is 221 g/mol. The van der Waals surface area contributed by atoms with Crippen LogP contribution in [0, 0.1) is 0 Å². The number of carbonyl (C=O) groups excluding carboxylic acids is 1. The van der Waals surface area contributed by atoms with Gasteiger partial charge in [0.05, 0.1) is 6.61 Å². The van der Waals surface area contributed by atoms with Gasteiger partial charge in [-0.05, 0) is 0 Å². The van der Waals surface area contributed by atoms with E-state index in [-0.39, 0.29) is 0 Å². The van der Waals surface area contributed by atoms with Gasteiger partial charge in [-0.2, -0.15) is 0 Å². The quantitative estimate of drug-likeness (QED) is 0.337. The van der Waals surface area contributed by atoms with Gasteiger partial charge in [0.25, 0.3) is 0 Å². The molecule has 5 N–H and O–H groups in total. The average Bonchev–Trinajstić information content (AvgIpc) is 2.18. The van der Waals surface area contributed by atoms with Crippen LogP contribution in [0.3, 0.4) is 0 Å². The van der Waals surface area contributed by atoms with Crippen molar-refractivity contribution in [2.24, 2.45) is 0 Å². The van der Waals surface area contributed by atoms with Gasteiger partial charge in [-0.1, -0.05) is 0 Å². The summed E-state index contributed by atoms with van der Waals surface area (Å²) in [6.07, 6.45) is -5.24. The largest absolute Gasteiger partial charge is 0.394 e. The van der Waals surface area contributed by atoms with Crippen LogP contribution < -0.4 is 5.32 Å². The van der Waals surface area contributed by atoms with Gasteiger partial charge in [-0.15, -0.1) is 0 Å². The van der Waals surface area contributed by atoms with Crippen LogP contribution in [0.4, 0.5) is 0 Å². The fourth-order valence-electron chi connectivity index (χ4n) is 1.49. The van der Waals surface area contributed by atoms with E-state index >= 15 is 0 Å². The Morgan fingerprint density at radius 3 is 2.40 bits per heavy atom. The molecule has 1 saturated heterocycles. The molecular weight excluding hydrogens is 206 g/mol. The van der Waals surface area contributed by atoms with Crippen LogP contribution in [-0.2, 0) is 9.53 Å². The minimum absolute atomic E-state index is 0.462. The summed E-state index contributed by atoms with van der Waals surface area (Å²) in [5.41, 5.74) is 0. The molecule has 0 bridgehead atoms. The first-order chi connectivity index (χ1) is 6.97. The van der Waals surface area contributed by atoms with Crippen molar-refractivity contribution in [1.29, 1.82) is 0 Å². The summed E-state index contributed by atoms with van der Waals surface area (Å²) in [7, 11) is 0. The molecular formula is C8H15NO6. The first kappa shape index (κ1) is 12.3. The summed E-state index contributed by atoms with van der Waals surface area (Å²) in [5, 5.41) is 39.4. The maximum Gasteiger partial charge on any atom is 0.217 e. The first-order valence-corrected chi connectivity index (χ1v) is 4.55. The summed E-state index contributed by atoms with van der Waals surface area (Å²) in [6.45, 7) is 0.687. The smallest absolute Gasteiger partial charge is 0.217 e. The maximum absolute atomic E-state index is 10.7. The normalized spacial score (nSPS) is 41.3. The second-order valence-corrected chi connectivity index (χ2v) is 3.46. The van der Waals surface area contributed by atoms with Gasteiger partial charge in [0.2, 0.25) is 5.91 Å². The van der Waals surface area contributed by atoms with Crippen LogP contribution >= 0.6 is 0 Å². The van der Waals surface area contributed by atoms with Gasteiger partial charge in [-0.25, -0.2) is 0 Å². The third-order valence-corrected chi connectivity index (χ3v) is 2.27. The molecule has 0 aromatic heterocycles. The second kappa shape index (κ2) is 4.86. The summed E-state index contributed by atoms with van der Waals surface area (Å²) < 4.78 is 4.81. The van der Waals surface area contributed by atoms with Crippen LogP contribution in [0.15, 0.2) is 0 Å². The van der Waals surface area contributed by atoms with Crippen molar-refractivity contribution < 1.29 is 30.0 Å². The van der Waals surface area contributed by atoms with Gasteiger partial charge in [0.15, 0.2) is 6.29 Å². The van der Waals surface area contributed by atoms with Crippen molar-refractivity contribution in [2.75, 3.05) is 6.61 Å². The Morgan fingerprint density at radius 2 is 1.93 bits per heavy atom. The molecule has 1 fully saturated rings. The number of aliphatic hydroxyl groups is 4. The van der Waals surface area contributed by atoms with E-state index in [2.05, 4.69) is 5.32 Å². The molecule has 1 amide bonds. The highest BCUT2D eigenvalue weighted by molar-refractivity contribution is 5.73. The molecule has 7 nitrogen and oxygen atoms in total. The molecule has 1 aliphatic heterocycles. The predicted molar refractivity (Wildman–Crippen MR) is 47.6 cm³/mol. The van der Waals surface area contributed by atoms with Crippen LogP contribution in [0.25, 0.3) is 0 Å². The highest BCUT2D eigenvalue weighted by Gasteiger charge is 2.43. The second-order valence-electron chi connectivity index (χ2n) is 3.46. The van der Waals surface area contributed by atoms with Gasteiger partial charge >= 0.3 is 0 Å². The van der Waals surface area contributed by atoms with E-state index in [0.29, 0.717) is 0 Å². The fourth-order valence-corrected chi connectivity index (χ4v) is 1.49. The van der Waals surface area contributed by atoms with Gasteiger partial charge in [0, 0.05) is 6.92 Å². The van der Waals surface area contributed by atoms with Crippen molar-refractivity contribution in [2.45, 2.75) is 37.6 Å². The highest BCUT2D eigenvalue weighted by Crippen LogP contribution is 2.19. The van der Waals surface area contributed by atoms with E-state index < -0.39 is 43.2 Å². The van der Waals surface area contributed by atoms with Crippen LogP contribution in [-0.4, -0.2) is 63.6 Å². The highest BCUT2D eigenvalue weighted by atomic mass is 16.6. The number of ether oxygens (including phenoxy) is 1. The maximum atomic E-state index is 10.7. The van der Waals surface area contributed by atoms with Gasteiger partial charge in [0.1, 0.15) is 24.4 Å². The number of amides is 1. The summed E-state index contributed by atoms with van der Waals surface area (Å²) in [5.74, 6) is -0.462. The van der Waals surface area contributed by atoms with Crippen LogP contribution in [0.1, 0.15) is 6.92 Å². The Morgan fingerprint density at radius 1 is 1.33 bits per heavy atom. The molecule has 1 rings (SSSR count). The van der Waals surface area contributed by atoms with Crippen molar-refractivity contribution >= 4 is 5.91 Å². The van der Waals surface area contributed by atoms with Crippen molar-refractivity contribution in [3.8, 4) is 0 Å². The van der Waals surface area contributed by atoms with E-state index in [1.807, 2.05) is 0 Å². The molecule has 0 aromatic carbocycles. The molecule has 1 aliphatic rings. The summed E-state index contributed by atoms with van der Waals surface area (Å²) in [4.78, 5) is 10.7. The van der Waals surface area contributed by atoms with Crippen molar-refractivity contribution in [3.63, 3.8) is 0 Å². The molecule has 1 heterocycles. The number of hydrogen-bond donors (Lipinski definition) is 5. The van der Waals surface area contributed by atoms with Crippen molar-refractivity contribution in [3.05, 3.63) is 0 Å². The Hall–Kier alpha value is -0.730.